The largest absolute Gasteiger partial charge is 0.380 e. The van der Waals surface area contributed by atoms with Crippen molar-refractivity contribution in [2.45, 2.75) is 19.5 Å². The summed E-state index contributed by atoms with van der Waals surface area (Å²) in [6.45, 7) is 2.96. The molecule has 0 saturated carbocycles. The Balaban J connectivity index is 4.25. The van der Waals surface area contributed by atoms with Crippen LogP contribution in [0.4, 0.5) is 0 Å². The molecule has 2 N–H and O–H groups in total. The van der Waals surface area contributed by atoms with Crippen LogP contribution >= 0.6 is 7.60 Å². The molecule has 72 valence electrons. The Morgan fingerprint density at radius 3 is 2.33 bits per heavy atom. The Bertz CT molecular complexity index is 196. The normalized spacial score (nSPS) is 14.3. The Labute approximate surface area is 70.9 Å². The molecule has 0 heterocycles. The molecule has 0 aromatic heterocycles. The van der Waals surface area contributed by atoms with Gasteiger partial charge in [-0.2, -0.15) is 0 Å². The molecule has 0 aliphatic heterocycles. The minimum atomic E-state index is -4.34. The Morgan fingerprint density at radius 1 is 1.58 bits per heavy atom. The monoisotopic (exact) mass is 196 g/mol. The van der Waals surface area contributed by atoms with E-state index in [2.05, 4.69) is 0 Å². The Kier molecular flexibility index (Phi) is 4.63. The van der Waals surface area contributed by atoms with E-state index in [9.17, 15) is 9.36 Å². The lowest BCUT2D eigenvalue weighted by Crippen LogP contribution is -2.24. The minimum absolute atomic E-state index is 0.212. The van der Waals surface area contributed by atoms with Gasteiger partial charge in [0, 0.05) is 6.61 Å². The van der Waals surface area contributed by atoms with Crippen LogP contribution in [0.3, 0.4) is 0 Å². The standard InChI is InChI=1S/C6H13O5P/c1-3-11-4-6(5(2)7)12(8,9)10/h6H,3-4H2,1-2H3,(H2,8,9,10). The number of ether oxygens (including phenoxy) is 1. The first-order valence-electron chi connectivity index (χ1n) is 3.53. The fourth-order valence-electron chi connectivity index (χ4n) is 0.681. The van der Waals surface area contributed by atoms with Crippen molar-refractivity contribution in [3.8, 4) is 0 Å². The van der Waals surface area contributed by atoms with Gasteiger partial charge in [0.1, 0.15) is 11.4 Å². The molecule has 12 heavy (non-hydrogen) atoms. The summed E-state index contributed by atoms with van der Waals surface area (Å²) in [7, 11) is -4.34. The maximum Gasteiger partial charge on any atom is 0.338 e. The van der Waals surface area contributed by atoms with Crippen LogP contribution in [0.25, 0.3) is 0 Å². The summed E-state index contributed by atoms with van der Waals surface area (Å²) in [6.07, 6.45) is 0. The predicted octanol–water partition coefficient (Wildman–Crippen LogP) is 0.158. The van der Waals surface area contributed by atoms with E-state index in [1.54, 1.807) is 6.92 Å². The highest BCUT2D eigenvalue weighted by molar-refractivity contribution is 7.53. The van der Waals surface area contributed by atoms with Gasteiger partial charge in [-0.05, 0) is 13.8 Å². The van der Waals surface area contributed by atoms with Gasteiger partial charge in [0.25, 0.3) is 0 Å². The number of carbonyl (C=O) groups is 1. The highest BCUT2D eigenvalue weighted by atomic mass is 31.2. The zero-order valence-corrected chi connectivity index (χ0v) is 7.95. The van der Waals surface area contributed by atoms with E-state index in [0.717, 1.165) is 6.92 Å². The molecule has 0 amide bonds. The summed E-state index contributed by atoms with van der Waals surface area (Å²) in [5, 5.41) is 0. The van der Waals surface area contributed by atoms with Crippen LogP contribution < -0.4 is 0 Å². The second-order valence-corrected chi connectivity index (χ2v) is 4.18. The molecule has 0 radical (unpaired) electrons. The van der Waals surface area contributed by atoms with Crippen molar-refractivity contribution >= 4 is 13.4 Å². The molecule has 5 nitrogen and oxygen atoms in total. The van der Waals surface area contributed by atoms with Gasteiger partial charge in [-0.15, -0.1) is 0 Å². The van der Waals surface area contributed by atoms with Gasteiger partial charge in [0.15, 0.2) is 0 Å². The molecule has 0 bridgehead atoms. The molecule has 0 rings (SSSR count). The van der Waals surface area contributed by atoms with Gasteiger partial charge in [-0.1, -0.05) is 0 Å². The van der Waals surface area contributed by atoms with E-state index in [4.69, 9.17) is 14.5 Å². The maximum atomic E-state index is 10.7. The van der Waals surface area contributed by atoms with E-state index >= 15 is 0 Å². The van der Waals surface area contributed by atoms with Gasteiger partial charge in [-0.3, -0.25) is 9.36 Å². The third kappa shape index (κ3) is 3.97. The summed E-state index contributed by atoms with van der Waals surface area (Å²) < 4.78 is 15.4. The fraction of sp³-hybridized carbons (Fsp3) is 0.833. The molecule has 0 spiro atoms. The summed E-state index contributed by atoms with van der Waals surface area (Å²) in [4.78, 5) is 28.1. The van der Waals surface area contributed by atoms with Crippen LogP contribution in [0.2, 0.25) is 0 Å². The van der Waals surface area contributed by atoms with E-state index in [-0.39, 0.29) is 6.61 Å². The summed E-state index contributed by atoms with van der Waals surface area (Å²) >= 11 is 0. The van der Waals surface area contributed by atoms with Gasteiger partial charge >= 0.3 is 7.60 Å². The molecule has 0 aromatic rings. The van der Waals surface area contributed by atoms with E-state index in [1.807, 2.05) is 0 Å². The first kappa shape index (κ1) is 11.8. The van der Waals surface area contributed by atoms with Crippen LogP contribution in [0.1, 0.15) is 13.8 Å². The van der Waals surface area contributed by atoms with Crippen molar-refractivity contribution < 1.29 is 23.9 Å². The fourth-order valence-corrected chi connectivity index (χ4v) is 1.45. The first-order chi connectivity index (χ1) is 5.39. The van der Waals surface area contributed by atoms with Gasteiger partial charge in [-0.25, -0.2) is 0 Å². The molecule has 6 heteroatoms. The molecule has 0 aliphatic carbocycles. The predicted molar refractivity (Wildman–Crippen MR) is 43.0 cm³/mol. The van der Waals surface area contributed by atoms with E-state index in [0.29, 0.717) is 6.61 Å². The molecule has 0 aliphatic rings. The van der Waals surface area contributed by atoms with Crippen molar-refractivity contribution in [1.82, 2.24) is 0 Å². The van der Waals surface area contributed by atoms with E-state index < -0.39 is 19.0 Å². The van der Waals surface area contributed by atoms with Gasteiger partial charge in [0.05, 0.1) is 6.61 Å². The average Bonchev–Trinajstić information content (AvgIpc) is 1.84. The molecule has 1 unspecified atom stereocenters. The van der Waals surface area contributed by atoms with Crippen LogP contribution in [0.5, 0.6) is 0 Å². The number of ketones is 1. The summed E-state index contributed by atoms with van der Waals surface area (Å²) in [5.74, 6) is -0.545. The van der Waals surface area contributed by atoms with Crippen molar-refractivity contribution in [2.24, 2.45) is 0 Å². The third-order valence-corrected chi connectivity index (χ3v) is 2.68. The van der Waals surface area contributed by atoms with Crippen LogP contribution in [-0.4, -0.2) is 34.4 Å². The molecular weight excluding hydrogens is 183 g/mol. The maximum absolute atomic E-state index is 10.7. The van der Waals surface area contributed by atoms with Crippen molar-refractivity contribution in [2.75, 3.05) is 13.2 Å². The quantitative estimate of drug-likeness (QED) is 0.612. The average molecular weight is 196 g/mol. The van der Waals surface area contributed by atoms with Gasteiger partial charge < -0.3 is 14.5 Å². The van der Waals surface area contributed by atoms with Gasteiger partial charge in [0.2, 0.25) is 0 Å². The molecule has 0 saturated heterocycles. The lowest BCUT2D eigenvalue weighted by Gasteiger charge is -2.14. The SMILES string of the molecule is CCOCC(C(C)=O)P(=O)(O)O. The molecule has 0 aromatic carbocycles. The van der Waals surface area contributed by atoms with Crippen molar-refractivity contribution in [3.63, 3.8) is 0 Å². The topological polar surface area (TPSA) is 83.8 Å². The minimum Gasteiger partial charge on any atom is -0.380 e. The Hall–Kier alpha value is -0.220. The second kappa shape index (κ2) is 4.72. The third-order valence-electron chi connectivity index (χ3n) is 1.36. The van der Waals surface area contributed by atoms with Crippen molar-refractivity contribution in [1.29, 1.82) is 0 Å². The second-order valence-electron chi connectivity index (χ2n) is 2.38. The molecule has 0 fully saturated rings. The Morgan fingerprint density at radius 2 is 2.08 bits per heavy atom. The molecule has 1 atom stereocenters. The van der Waals surface area contributed by atoms with Crippen LogP contribution in [0, 0.1) is 0 Å². The lowest BCUT2D eigenvalue weighted by molar-refractivity contribution is -0.117. The smallest absolute Gasteiger partial charge is 0.338 e. The highest BCUT2D eigenvalue weighted by Gasteiger charge is 2.32. The van der Waals surface area contributed by atoms with Crippen LogP contribution in [-0.2, 0) is 14.1 Å². The summed E-state index contributed by atoms with van der Waals surface area (Å²) in [6, 6.07) is 0. The summed E-state index contributed by atoms with van der Waals surface area (Å²) in [5.41, 5.74) is -1.31. The zero-order valence-electron chi connectivity index (χ0n) is 7.06. The number of rotatable bonds is 5. The molecular formula is C6H13O5P. The number of Topliss-reactive ketones (excluding diaryl/α,β-unsaturated/α-hetero) is 1. The zero-order chi connectivity index (χ0) is 9.78. The van der Waals surface area contributed by atoms with E-state index in [1.165, 1.54) is 0 Å². The number of carbonyl (C=O) groups excluding carboxylic acids is 1. The first-order valence-corrected chi connectivity index (χ1v) is 5.21. The van der Waals surface area contributed by atoms with Crippen LogP contribution in [0.15, 0.2) is 0 Å². The van der Waals surface area contributed by atoms with Crippen molar-refractivity contribution in [3.05, 3.63) is 0 Å². The highest BCUT2D eigenvalue weighted by Crippen LogP contribution is 2.41. The lowest BCUT2D eigenvalue weighted by atomic mass is 10.3. The number of hydrogen-bond donors (Lipinski definition) is 2. The number of hydrogen-bond acceptors (Lipinski definition) is 3.